The molecule has 1 aromatic carbocycles. The summed E-state index contributed by atoms with van der Waals surface area (Å²) in [5.41, 5.74) is 6.26. The molecule has 182 valence electrons. The lowest BCUT2D eigenvalue weighted by Crippen LogP contribution is -2.28. The minimum Gasteiger partial charge on any atom is -0.364 e. The predicted octanol–water partition coefficient (Wildman–Crippen LogP) is 3.21. The van der Waals surface area contributed by atoms with Gasteiger partial charge in [-0.15, -0.1) is 0 Å². The number of hydrazine groups is 1. The van der Waals surface area contributed by atoms with Crippen LogP contribution in [0.1, 0.15) is 22.7 Å². The minimum atomic E-state index is -0.334. The van der Waals surface area contributed by atoms with Crippen LogP contribution in [0.3, 0.4) is 0 Å². The largest absolute Gasteiger partial charge is 0.364 e. The average molecular weight is 495 g/mol. The van der Waals surface area contributed by atoms with Crippen molar-refractivity contribution >= 4 is 44.8 Å². The fraction of sp³-hybridized carbons (Fsp3) is 0.304. The second-order valence-corrected chi connectivity index (χ2v) is 9.28. The van der Waals surface area contributed by atoms with Crippen molar-refractivity contribution in [3.8, 4) is 0 Å². The van der Waals surface area contributed by atoms with Crippen molar-refractivity contribution in [1.29, 1.82) is 0 Å². The van der Waals surface area contributed by atoms with Gasteiger partial charge in [0.05, 0.1) is 34.8 Å². The molecule has 4 aromatic rings. The second-order valence-electron chi connectivity index (χ2n) is 8.22. The summed E-state index contributed by atoms with van der Waals surface area (Å²) in [6.07, 6.45) is 3.51. The molecule has 1 aliphatic rings. The van der Waals surface area contributed by atoms with Gasteiger partial charge in [0.1, 0.15) is 11.3 Å². The molecule has 4 heterocycles. The zero-order chi connectivity index (χ0) is 24.2. The Morgan fingerprint density at radius 1 is 1.09 bits per heavy atom. The van der Waals surface area contributed by atoms with Crippen molar-refractivity contribution < 1.29 is 4.39 Å². The van der Waals surface area contributed by atoms with E-state index in [9.17, 15) is 4.39 Å². The van der Waals surface area contributed by atoms with Gasteiger partial charge in [-0.3, -0.25) is 10.4 Å². The van der Waals surface area contributed by atoms with E-state index in [4.69, 9.17) is 10.8 Å². The second kappa shape index (κ2) is 10.3. The Balaban J connectivity index is 1.17. The van der Waals surface area contributed by atoms with Gasteiger partial charge in [-0.1, -0.05) is 23.5 Å². The number of thiazole rings is 1. The Kier molecular flexibility index (Phi) is 6.84. The molecule has 0 atom stereocenters. The van der Waals surface area contributed by atoms with E-state index in [1.54, 1.807) is 19.2 Å². The summed E-state index contributed by atoms with van der Waals surface area (Å²) < 4.78 is 14.3. The third-order valence-corrected chi connectivity index (χ3v) is 6.73. The average Bonchev–Trinajstić information content (AvgIpc) is 3.47. The van der Waals surface area contributed by atoms with E-state index in [1.807, 2.05) is 12.1 Å². The highest BCUT2D eigenvalue weighted by atomic mass is 32.1. The maximum Gasteiger partial charge on any atom is 0.240 e. The number of aryl methyl sites for hydroxylation is 1. The lowest BCUT2D eigenvalue weighted by molar-refractivity contribution is 0.593. The quantitative estimate of drug-likeness (QED) is 0.111. The van der Waals surface area contributed by atoms with Crippen molar-refractivity contribution in [2.24, 2.45) is 5.84 Å². The number of nitrogen functional groups attached to an aromatic ring is 1. The van der Waals surface area contributed by atoms with Crippen molar-refractivity contribution in [3.63, 3.8) is 0 Å². The first-order valence-electron chi connectivity index (χ1n) is 11.4. The summed E-state index contributed by atoms with van der Waals surface area (Å²) in [6.45, 7) is 3.54. The maximum absolute atomic E-state index is 14.3. The fourth-order valence-electron chi connectivity index (χ4n) is 3.90. The third kappa shape index (κ3) is 5.24. The molecule has 0 radical (unpaired) electrons. The molecule has 0 saturated heterocycles. The molecule has 0 unspecified atom stereocenters. The van der Waals surface area contributed by atoms with Crippen LogP contribution < -0.4 is 32.5 Å². The number of halogens is 1. The lowest BCUT2D eigenvalue weighted by Gasteiger charge is -2.12. The zero-order valence-electron chi connectivity index (χ0n) is 19.2. The number of fused-ring (bicyclic) bond motifs is 2. The van der Waals surface area contributed by atoms with Gasteiger partial charge in [0.25, 0.3) is 0 Å². The maximum atomic E-state index is 14.3. The van der Waals surface area contributed by atoms with E-state index in [2.05, 4.69) is 53.8 Å². The number of pyridine rings is 1. The first-order chi connectivity index (χ1) is 17.1. The van der Waals surface area contributed by atoms with E-state index < -0.39 is 0 Å². The van der Waals surface area contributed by atoms with Crippen molar-refractivity contribution in [2.75, 3.05) is 34.5 Å². The van der Waals surface area contributed by atoms with Gasteiger partial charge in [0.2, 0.25) is 5.95 Å². The summed E-state index contributed by atoms with van der Waals surface area (Å²) in [5, 5.41) is 14.5. The molecule has 10 nitrogen and oxygen atoms in total. The standard InChI is InChI=1S/C23H27FN10S/c1-13-6-11-27-16(19(13)24)12-28-21-20-22(33-23(32-21)34-25)35-18(31-20)8-10-26-9-7-17-29-14-4-2-3-5-15(14)30-17/h2-6,11,17,26,29-30H,7-10,12,25H2,1H3,(H2,28,32,33,34). The first-order valence-corrected chi connectivity index (χ1v) is 12.2. The van der Waals surface area contributed by atoms with Crippen LogP contribution in [-0.4, -0.2) is 39.2 Å². The number of nitrogens with two attached hydrogens (primary N) is 1. The molecule has 1 aliphatic heterocycles. The van der Waals surface area contributed by atoms with Gasteiger partial charge in [-0.25, -0.2) is 15.2 Å². The predicted molar refractivity (Wildman–Crippen MR) is 138 cm³/mol. The fourth-order valence-corrected chi connectivity index (χ4v) is 4.84. The van der Waals surface area contributed by atoms with Gasteiger partial charge < -0.3 is 21.3 Å². The molecular weight excluding hydrogens is 467 g/mol. The number of rotatable bonds is 10. The Morgan fingerprint density at radius 2 is 1.89 bits per heavy atom. The summed E-state index contributed by atoms with van der Waals surface area (Å²) in [4.78, 5) is 18.4. The highest BCUT2D eigenvalue weighted by Crippen LogP contribution is 2.29. The number of nitrogens with one attached hydrogen (secondary N) is 5. The first kappa shape index (κ1) is 23.1. The molecule has 0 bridgehead atoms. The number of anilines is 4. The van der Waals surface area contributed by atoms with Crippen LogP contribution in [0.2, 0.25) is 0 Å². The number of para-hydroxylation sites is 2. The van der Waals surface area contributed by atoms with E-state index in [0.717, 1.165) is 42.3 Å². The molecule has 7 N–H and O–H groups in total. The Morgan fingerprint density at radius 3 is 2.66 bits per heavy atom. The van der Waals surface area contributed by atoms with Crippen LogP contribution in [0.15, 0.2) is 36.5 Å². The molecule has 35 heavy (non-hydrogen) atoms. The van der Waals surface area contributed by atoms with Crippen molar-refractivity contribution in [3.05, 3.63) is 58.6 Å². The van der Waals surface area contributed by atoms with Crippen LogP contribution in [-0.2, 0) is 13.0 Å². The van der Waals surface area contributed by atoms with Crippen molar-refractivity contribution in [2.45, 2.75) is 32.5 Å². The van der Waals surface area contributed by atoms with Crippen LogP contribution in [0.5, 0.6) is 0 Å². The third-order valence-electron chi connectivity index (χ3n) is 5.72. The minimum absolute atomic E-state index is 0.172. The summed E-state index contributed by atoms with van der Waals surface area (Å²) in [6, 6.07) is 9.85. The van der Waals surface area contributed by atoms with Gasteiger partial charge in [-0.05, 0) is 43.7 Å². The van der Waals surface area contributed by atoms with Crippen LogP contribution in [0, 0.1) is 12.7 Å². The van der Waals surface area contributed by atoms with Crippen LogP contribution in [0.25, 0.3) is 10.3 Å². The SMILES string of the molecule is Cc1ccnc(CNc2nc(NN)nc3sc(CCNCCC4Nc5ccccc5N4)nc23)c1F. The van der Waals surface area contributed by atoms with E-state index >= 15 is 0 Å². The Hall–Kier alpha value is -3.61. The number of aromatic nitrogens is 4. The molecular formula is C23H27FN10S. The smallest absolute Gasteiger partial charge is 0.240 e. The van der Waals surface area contributed by atoms with Gasteiger partial charge in [-0.2, -0.15) is 9.97 Å². The monoisotopic (exact) mass is 494 g/mol. The molecule has 0 aliphatic carbocycles. The zero-order valence-corrected chi connectivity index (χ0v) is 20.0. The van der Waals surface area contributed by atoms with Gasteiger partial charge >= 0.3 is 0 Å². The Bertz CT molecular complexity index is 1300. The highest BCUT2D eigenvalue weighted by Gasteiger charge is 2.18. The van der Waals surface area contributed by atoms with Gasteiger partial charge in [0.15, 0.2) is 10.6 Å². The van der Waals surface area contributed by atoms with E-state index in [1.165, 1.54) is 11.3 Å². The highest BCUT2D eigenvalue weighted by molar-refractivity contribution is 7.18. The topological polar surface area (TPSA) is 138 Å². The van der Waals surface area contributed by atoms with Crippen LogP contribution in [0.4, 0.5) is 27.5 Å². The number of benzene rings is 1. The molecule has 5 rings (SSSR count). The molecule has 3 aromatic heterocycles. The van der Waals surface area contributed by atoms with Gasteiger partial charge in [0, 0.05) is 19.2 Å². The molecule has 0 saturated carbocycles. The summed E-state index contributed by atoms with van der Waals surface area (Å²) in [7, 11) is 0. The van der Waals surface area contributed by atoms with E-state index in [-0.39, 0.29) is 24.5 Å². The number of hydrogen-bond acceptors (Lipinski definition) is 11. The number of nitrogens with zero attached hydrogens (tertiary/aromatic N) is 4. The van der Waals surface area contributed by atoms with Crippen LogP contribution >= 0.6 is 11.3 Å². The number of hydrogen-bond donors (Lipinski definition) is 6. The molecule has 0 spiro atoms. The normalized spacial score (nSPS) is 12.9. The van der Waals surface area contributed by atoms with Crippen molar-refractivity contribution in [1.82, 2.24) is 25.3 Å². The molecule has 0 fully saturated rings. The van der Waals surface area contributed by atoms with E-state index in [0.29, 0.717) is 27.4 Å². The Labute approximate surface area is 206 Å². The lowest BCUT2D eigenvalue weighted by atomic mass is 10.2. The molecule has 0 amide bonds. The summed E-state index contributed by atoms with van der Waals surface area (Å²) in [5.74, 6) is 5.97. The molecule has 12 heteroatoms. The summed E-state index contributed by atoms with van der Waals surface area (Å²) >= 11 is 1.49.